The summed E-state index contributed by atoms with van der Waals surface area (Å²) >= 11 is 5.10. The molecule has 0 aliphatic heterocycles. The largest absolute Gasteiger partial charge is 0.350 e. The van der Waals surface area contributed by atoms with Crippen LogP contribution in [0.1, 0.15) is 56.8 Å². The minimum atomic E-state index is -0.0960. The van der Waals surface area contributed by atoms with Crippen LogP contribution in [-0.4, -0.2) is 23.0 Å². The Morgan fingerprint density at radius 1 is 1.17 bits per heavy atom. The van der Waals surface area contributed by atoms with Crippen LogP contribution in [0.3, 0.4) is 0 Å². The summed E-state index contributed by atoms with van der Waals surface area (Å²) in [4.78, 5) is 23.6. The zero-order chi connectivity index (χ0) is 17.2. The van der Waals surface area contributed by atoms with Crippen molar-refractivity contribution in [1.29, 1.82) is 0 Å². The number of unbranched alkanes of at least 4 members (excludes halogenated alkanes) is 1. The zero-order valence-electron chi connectivity index (χ0n) is 13.9. The van der Waals surface area contributed by atoms with Crippen LogP contribution in [0, 0.1) is 0 Å². The Kier molecular flexibility index (Phi) is 8.26. The van der Waals surface area contributed by atoms with Crippen molar-refractivity contribution in [1.82, 2.24) is 10.6 Å². The molecule has 0 aliphatic rings. The third kappa shape index (κ3) is 7.23. The Balaban J connectivity index is 2.52. The molecule has 1 atom stereocenters. The van der Waals surface area contributed by atoms with Gasteiger partial charge in [0.2, 0.25) is 5.91 Å². The van der Waals surface area contributed by atoms with Gasteiger partial charge in [0, 0.05) is 23.7 Å². The van der Waals surface area contributed by atoms with Crippen LogP contribution in [0.25, 0.3) is 0 Å². The molecule has 0 fully saturated rings. The molecule has 126 valence electrons. The number of hydrogen-bond acceptors (Lipinski definition) is 3. The third-order valence-electron chi connectivity index (χ3n) is 3.41. The Morgan fingerprint density at radius 2 is 1.83 bits per heavy atom. The number of anilines is 1. The number of nitrogens with one attached hydrogen (secondary N) is 3. The van der Waals surface area contributed by atoms with Crippen LogP contribution < -0.4 is 16.0 Å². The average Bonchev–Trinajstić information content (AvgIpc) is 2.53. The summed E-state index contributed by atoms with van der Waals surface area (Å²) in [6, 6.07) is 7.11. The fourth-order valence-electron chi connectivity index (χ4n) is 1.80. The van der Waals surface area contributed by atoms with E-state index in [-0.39, 0.29) is 23.0 Å². The van der Waals surface area contributed by atoms with E-state index in [4.69, 9.17) is 12.2 Å². The minimum absolute atomic E-state index is 0.0890. The second-order valence-electron chi connectivity index (χ2n) is 5.47. The first kappa shape index (κ1) is 19.1. The molecule has 5 nitrogen and oxygen atoms in total. The van der Waals surface area contributed by atoms with E-state index in [1.165, 1.54) is 0 Å². The van der Waals surface area contributed by atoms with E-state index < -0.39 is 0 Å². The fraction of sp³-hybridized carbons (Fsp3) is 0.471. The maximum Gasteiger partial charge on any atom is 0.251 e. The Bertz CT molecular complexity index is 543. The average molecular weight is 335 g/mol. The molecule has 0 aliphatic carbocycles. The van der Waals surface area contributed by atoms with Crippen LogP contribution in [0.5, 0.6) is 0 Å². The topological polar surface area (TPSA) is 70.2 Å². The summed E-state index contributed by atoms with van der Waals surface area (Å²) in [6.45, 7) is 6.02. The van der Waals surface area contributed by atoms with Gasteiger partial charge < -0.3 is 16.0 Å². The molecule has 0 radical (unpaired) electrons. The summed E-state index contributed by atoms with van der Waals surface area (Å²) in [5, 5.41) is 8.75. The van der Waals surface area contributed by atoms with Gasteiger partial charge in [0.05, 0.1) is 0 Å². The SMILES string of the molecule is CCCCC(=O)NC(=S)Nc1ccc(C(=O)NC(C)CC)cc1. The third-order valence-corrected chi connectivity index (χ3v) is 3.61. The lowest BCUT2D eigenvalue weighted by molar-refractivity contribution is -0.119. The normalized spacial score (nSPS) is 11.4. The van der Waals surface area contributed by atoms with Gasteiger partial charge in [0.15, 0.2) is 5.11 Å². The maximum absolute atomic E-state index is 12.0. The number of hydrogen-bond donors (Lipinski definition) is 3. The molecule has 0 saturated heterocycles. The Hall–Kier alpha value is -1.95. The Morgan fingerprint density at radius 3 is 2.39 bits per heavy atom. The highest BCUT2D eigenvalue weighted by molar-refractivity contribution is 7.80. The van der Waals surface area contributed by atoms with Gasteiger partial charge >= 0.3 is 0 Å². The van der Waals surface area contributed by atoms with Crippen LogP contribution >= 0.6 is 12.2 Å². The second-order valence-corrected chi connectivity index (χ2v) is 5.87. The molecule has 0 spiro atoms. The monoisotopic (exact) mass is 335 g/mol. The van der Waals surface area contributed by atoms with Crippen LogP contribution in [0.4, 0.5) is 5.69 Å². The van der Waals surface area contributed by atoms with Crippen molar-refractivity contribution in [2.45, 2.75) is 52.5 Å². The van der Waals surface area contributed by atoms with Crippen molar-refractivity contribution in [3.05, 3.63) is 29.8 Å². The summed E-state index contributed by atoms with van der Waals surface area (Å²) in [7, 11) is 0. The van der Waals surface area contributed by atoms with E-state index >= 15 is 0 Å². The van der Waals surface area contributed by atoms with E-state index in [1.54, 1.807) is 24.3 Å². The van der Waals surface area contributed by atoms with E-state index in [1.807, 2.05) is 20.8 Å². The highest BCUT2D eigenvalue weighted by Gasteiger charge is 2.09. The van der Waals surface area contributed by atoms with Crippen molar-refractivity contribution in [3.8, 4) is 0 Å². The van der Waals surface area contributed by atoms with Gasteiger partial charge in [-0.25, -0.2) is 0 Å². The highest BCUT2D eigenvalue weighted by atomic mass is 32.1. The van der Waals surface area contributed by atoms with Gasteiger partial charge in [-0.15, -0.1) is 0 Å². The van der Waals surface area contributed by atoms with Crippen molar-refractivity contribution in [3.63, 3.8) is 0 Å². The molecule has 1 rings (SSSR count). The van der Waals surface area contributed by atoms with Crippen molar-refractivity contribution >= 4 is 34.8 Å². The molecule has 1 unspecified atom stereocenters. The quantitative estimate of drug-likeness (QED) is 0.669. The second kappa shape index (κ2) is 9.94. The van der Waals surface area contributed by atoms with E-state index in [0.717, 1.165) is 24.9 Å². The molecule has 0 bridgehead atoms. The van der Waals surface area contributed by atoms with Gasteiger partial charge in [-0.05, 0) is 56.2 Å². The molecule has 23 heavy (non-hydrogen) atoms. The molecular formula is C17H25N3O2S. The summed E-state index contributed by atoms with van der Waals surface area (Å²) in [6.07, 6.45) is 3.16. The first-order valence-electron chi connectivity index (χ1n) is 7.98. The van der Waals surface area contributed by atoms with Crippen LogP contribution in [0.15, 0.2) is 24.3 Å². The number of carbonyl (C=O) groups excluding carboxylic acids is 2. The number of amides is 2. The van der Waals surface area contributed by atoms with Crippen molar-refractivity contribution in [2.24, 2.45) is 0 Å². The predicted octanol–water partition coefficient (Wildman–Crippen LogP) is 3.22. The minimum Gasteiger partial charge on any atom is -0.350 e. The molecule has 1 aromatic rings. The van der Waals surface area contributed by atoms with E-state index in [2.05, 4.69) is 16.0 Å². The molecule has 6 heteroatoms. The number of thiocarbonyl (C=S) groups is 1. The smallest absolute Gasteiger partial charge is 0.251 e. The lowest BCUT2D eigenvalue weighted by Crippen LogP contribution is -2.34. The lowest BCUT2D eigenvalue weighted by Gasteiger charge is -2.12. The first-order chi connectivity index (χ1) is 11.0. The predicted molar refractivity (Wildman–Crippen MR) is 97.5 cm³/mol. The van der Waals surface area contributed by atoms with E-state index in [0.29, 0.717) is 12.0 Å². The van der Waals surface area contributed by atoms with Crippen molar-refractivity contribution in [2.75, 3.05) is 5.32 Å². The van der Waals surface area contributed by atoms with Gasteiger partial charge in [-0.1, -0.05) is 20.3 Å². The van der Waals surface area contributed by atoms with Crippen LogP contribution in [0.2, 0.25) is 0 Å². The zero-order valence-corrected chi connectivity index (χ0v) is 14.8. The molecule has 0 heterocycles. The van der Waals surface area contributed by atoms with Crippen LogP contribution in [-0.2, 0) is 4.79 Å². The van der Waals surface area contributed by atoms with Gasteiger partial charge in [0.25, 0.3) is 5.91 Å². The first-order valence-corrected chi connectivity index (χ1v) is 8.38. The summed E-state index contributed by atoms with van der Waals surface area (Å²) in [5.41, 5.74) is 1.32. The molecule has 3 N–H and O–H groups in total. The molecular weight excluding hydrogens is 310 g/mol. The summed E-state index contributed by atoms with van der Waals surface area (Å²) < 4.78 is 0. The molecule has 0 saturated carbocycles. The number of rotatable bonds is 7. The molecule has 2 amide bonds. The van der Waals surface area contributed by atoms with Crippen molar-refractivity contribution < 1.29 is 9.59 Å². The molecule has 0 aromatic heterocycles. The summed E-state index contributed by atoms with van der Waals surface area (Å²) in [5.74, 6) is -0.185. The lowest BCUT2D eigenvalue weighted by atomic mass is 10.1. The number of benzene rings is 1. The van der Waals surface area contributed by atoms with Gasteiger partial charge in [-0.3, -0.25) is 9.59 Å². The number of carbonyl (C=O) groups is 2. The standard InChI is InChI=1S/C17H25N3O2S/c1-4-6-7-15(21)20-17(23)19-14-10-8-13(9-11-14)16(22)18-12(3)5-2/h8-12H,4-7H2,1-3H3,(H,18,22)(H2,19,20,21,23). The highest BCUT2D eigenvalue weighted by Crippen LogP contribution is 2.10. The fourth-order valence-corrected chi connectivity index (χ4v) is 2.03. The van der Waals surface area contributed by atoms with Gasteiger partial charge in [-0.2, -0.15) is 0 Å². The Labute approximate surface area is 143 Å². The maximum atomic E-state index is 12.0. The molecule has 1 aromatic carbocycles. The van der Waals surface area contributed by atoms with E-state index in [9.17, 15) is 9.59 Å². The van der Waals surface area contributed by atoms with Gasteiger partial charge in [0.1, 0.15) is 0 Å².